The number of para-hydroxylation sites is 1. The molecule has 0 spiro atoms. The van der Waals surface area contributed by atoms with Crippen LogP contribution in [0, 0.1) is 6.08 Å². The molecule has 27 heavy (non-hydrogen) atoms. The fraction of sp³-hybridized carbons (Fsp3) is 0.294. The first-order valence-electron chi connectivity index (χ1n) is 8.71. The minimum Gasteiger partial charge on any atom is -0.389 e. The monoisotopic (exact) mass is 366 g/mol. The Bertz CT molecular complexity index is 1080. The minimum atomic E-state index is -0.682. The summed E-state index contributed by atoms with van der Waals surface area (Å²) in [5, 5.41) is 21.9. The number of aliphatic hydroxyl groups is 1. The number of hydrogen-bond acceptors (Lipinski definition) is 7. The zero-order chi connectivity index (χ0) is 18.2. The van der Waals surface area contributed by atoms with Gasteiger partial charge in [-0.1, -0.05) is 18.2 Å². The maximum absolute atomic E-state index is 14.4. The van der Waals surface area contributed by atoms with Gasteiger partial charge in [0.1, 0.15) is 6.34 Å². The Morgan fingerprint density at radius 3 is 2.93 bits per heavy atom. The van der Waals surface area contributed by atoms with E-state index in [4.69, 9.17) is 0 Å². The summed E-state index contributed by atoms with van der Waals surface area (Å²) in [5.74, 6) is 0.542. The summed E-state index contributed by atoms with van der Waals surface area (Å²) in [6, 6.07) is 7.53. The molecule has 2 aliphatic heterocycles. The summed E-state index contributed by atoms with van der Waals surface area (Å²) in [7, 11) is 0. The number of aromatic nitrogens is 5. The highest BCUT2D eigenvalue weighted by Crippen LogP contribution is 2.42. The van der Waals surface area contributed by atoms with Crippen molar-refractivity contribution in [2.45, 2.75) is 31.0 Å². The van der Waals surface area contributed by atoms with Crippen molar-refractivity contribution in [1.82, 2.24) is 24.7 Å². The van der Waals surface area contributed by atoms with Crippen LogP contribution in [-0.2, 0) is 6.42 Å². The third kappa shape index (κ3) is 2.01. The van der Waals surface area contributed by atoms with E-state index in [9.17, 15) is 9.50 Å². The quantitative estimate of drug-likeness (QED) is 0.747. The Hall–Kier alpha value is -3.27. The largest absolute Gasteiger partial charge is 0.389 e. The molecule has 1 unspecified atom stereocenters. The highest BCUT2D eigenvalue weighted by Gasteiger charge is 2.44. The molecule has 4 heterocycles. The Morgan fingerprint density at radius 2 is 2.07 bits per heavy atom. The number of hydrazine groups is 1. The molecular weight excluding hydrogens is 351 g/mol. The molecule has 136 valence electrons. The molecule has 1 N–H and O–H groups in total. The molecule has 3 aliphatic rings. The zero-order valence-electron chi connectivity index (χ0n) is 14.1. The summed E-state index contributed by atoms with van der Waals surface area (Å²) in [4.78, 5) is 10.0. The molecule has 1 saturated carbocycles. The van der Waals surface area contributed by atoms with E-state index in [1.807, 2.05) is 29.3 Å². The summed E-state index contributed by atoms with van der Waals surface area (Å²) in [6.07, 6.45) is 5.79. The molecule has 0 amide bonds. The number of rotatable bonds is 3. The van der Waals surface area contributed by atoms with Crippen molar-refractivity contribution in [1.29, 1.82) is 0 Å². The first-order valence-corrected chi connectivity index (χ1v) is 8.71. The smallest absolute Gasteiger partial charge is 0.295 e. The standard InChI is InChI=1S/C17H15FN8O/c18-16-19-9-14-24(16)13-4-2-1-3-12(13)15-20-10-23(25(14)15)26-11(8-21-22-26)7-17(27)5-6-17/h1-4,8-10,15,27H,5-7H2. The van der Waals surface area contributed by atoms with Crippen molar-refractivity contribution in [2.24, 2.45) is 4.99 Å². The van der Waals surface area contributed by atoms with Crippen molar-refractivity contribution < 1.29 is 9.50 Å². The number of fused-ring (bicyclic) bond motifs is 6. The minimum absolute atomic E-state index is 0.356. The maximum atomic E-state index is 14.4. The molecule has 1 fully saturated rings. The van der Waals surface area contributed by atoms with Crippen molar-refractivity contribution in [3.05, 3.63) is 54.0 Å². The molecule has 6 rings (SSSR count). The molecule has 1 atom stereocenters. The second kappa shape index (κ2) is 4.92. The average molecular weight is 366 g/mol. The number of aliphatic imine (C=N–C) groups is 1. The number of hydrogen-bond donors (Lipinski definition) is 1. The van der Waals surface area contributed by atoms with Crippen molar-refractivity contribution in [3.8, 4) is 5.69 Å². The fourth-order valence-corrected chi connectivity index (χ4v) is 3.75. The highest BCUT2D eigenvalue weighted by atomic mass is 19.1. The first-order chi connectivity index (χ1) is 13.1. The van der Waals surface area contributed by atoms with Crippen molar-refractivity contribution >= 4 is 12.2 Å². The first kappa shape index (κ1) is 14.9. The van der Waals surface area contributed by atoms with Gasteiger partial charge in [-0.15, -0.1) is 9.89 Å². The predicted octanol–water partition coefficient (Wildman–Crippen LogP) is 1.08. The highest BCUT2D eigenvalue weighted by molar-refractivity contribution is 5.78. The molecule has 1 aliphatic carbocycles. The number of benzene rings is 1. The van der Waals surface area contributed by atoms with Crippen LogP contribution in [0.2, 0.25) is 0 Å². The molecule has 1 aromatic carbocycles. The van der Waals surface area contributed by atoms with E-state index in [-0.39, 0.29) is 6.17 Å². The van der Waals surface area contributed by atoms with E-state index in [0.29, 0.717) is 17.9 Å². The lowest BCUT2D eigenvalue weighted by molar-refractivity contribution is 0.148. The van der Waals surface area contributed by atoms with Crippen molar-refractivity contribution in [2.75, 3.05) is 10.1 Å². The van der Waals surface area contributed by atoms with Gasteiger partial charge in [-0.2, -0.15) is 9.51 Å². The number of anilines is 1. The number of nitrogens with zero attached hydrogens (tertiary/aromatic N) is 8. The normalized spacial score (nSPS) is 21.2. The Labute approximate surface area is 152 Å². The van der Waals surface area contributed by atoms with Crippen LogP contribution >= 0.6 is 0 Å². The van der Waals surface area contributed by atoms with Gasteiger partial charge in [-0.25, -0.2) is 15.0 Å². The number of imidazole rings is 1. The Balaban J connectivity index is 1.47. The Morgan fingerprint density at radius 1 is 1.22 bits per heavy atom. The SMILES string of the molecule is OC1(Cc2cnnn2N2C=NC3c4ccccc4-n4c(cnc4F)N32)CC1. The van der Waals surface area contributed by atoms with Crippen LogP contribution in [0.4, 0.5) is 10.2 Å². The van der Waals surface area contributed by atoms with E-state index < -0.39 is 11.7 Å². The third-order valence-corrected chi connectivity index (χ3v) is 5.29. The van der Waals surface area contributed by atoms with Crippen LogP contribution in [0.3, 0.4) is 0 Å². The van der Waals surface area contributed by atoms with Crippen LogP contribution in [0.1, 0.15) is 30.3 Å². The summed E-state index contributed by atoms with van der Waals surface area (Å²) in [5.41, 5.74) is 1.66. The van der Waals surface area contributed by atoms with Gasteiger partial charge in [-0.05, 0) is 24.1 Å². The molecule has 0 radical (unpaired) electrons. The molecule has 2 aromatic heterocycles. The molecule has 0 bridgehead atoms. The van der Waals surface area contributed by atoms with E-state index in [0.717, 1.165) is 24.1 Å². The van der Waals surface area contributed by atoms with Crippen molar-refractivity contribution in [3.63, 3.8) is 0 Å². The lowest BCUT2D eigenvalue weighted by Gasteiger charge is -2.37. The molecule has 9 nitrogen and oxygen atoms in total. The summed E-state index contributed by atoms with van der Waals surface area (Å²) >= 11 is 0. The lowest BCUT2D eigenvalue weighted by atomic mass is 10.1. The lowest BCUT2D eigenvalue weighted by Crippen LogP contribution is -2.50. The molecular formula is C17H15FN8O. The topological polar surface area (TPSA) is 87.6 Å². The molecule has 10 heteroatoms. The van der Waals surface area contributed by atoms with E-state index in [1.54, 1.807) is 22.4 Å². The van der Waals surface area contributed by atoms with Crippen LogP contribution in [0.15, 0.2) is 41.7 Å². The van der Waals surface area contributed by atoms with Crippen LogP contribution < -0.4 is 10.1 Å². The van der Waals surface area contributed by atoms with Crippen LogP contribution in [0.25, 0.3) is 5.69 Å². The van der Waals surface area contributed by atoms with Gasteiger partial charge in [0.15, 0.2) is 12.0 Å². The van der Waals surface area contributed by atoms with Crippen LogP contribution in [-0.4, -0.2) is 41.7 Å². The number of halogens is 1. The summed E-state index contributed by atoms with van der Waals surface area (Å²) < 4.78 is 15.9. The van der Waals surface area contributed by atoms with E-state index in [1.165, 1.54) is 10.8 Å². The van der Waals surface area contributed by atoms with Gasteiger partial charge in [0, 0.05) is 12.0 Å². The second-order valence-electron chi connectivity index (χ2n) is 7.10. The fourth-order valence-electron chi connectivity index (χ4n) is 3.75. The van der Waals surface area contributed by atoms with Gasteiger partial charge < -0.3 is 5.11 Å². The van der Waals surface area contributed by atoms with Gasteiger partial charge >= 0.3 is 0 Å². The van der Waals surface area contributed by atoms with E-state index >= 15 is 0 Å². The average Bonchev–Trinajstić information content (AvgIpc) is 3.06. The van der Waals surface area contributed by atoms with Gasteiger partial charge in [-0.3, -0.25) is 4.57 Å². The predicted molar refractivity (Wildman–Crippen MR) is 93.4 cm³/mol. The second-order valence-corrected chi connectivity index (χ2v) is 7.10. The summed E-state index contributed by atoms with van der Waals surface area (Å²) in [6.45, 7) is 0. The van der Waals surface area contributed by atoms with Gasteiger partial charge in [0.25, 0.3) is 6.08 Å². The molecule has 0 saturated heterocycles. The van der Waals surface area contributed by atoms with E-state index in [2.05, 4.69) is 20.3 Å². The Kier molecular flexibility index (Phi) is 2.70. The zero-order valence-corrected chi connectivity index (χ0v) is 14.1. The maximum Gasteiger partial charge on any atom is 0.295 e. The molecule has 3 aromatic rings. The van der Waals surface area contributed by atoms with Gasteiger partial charge in [0.2, 0.25) is 0 Å². The van der Waals surface area contributed by atoms with Crippen LogP contribution in [0.5, 0.6) is 0 Å². The van der Waals surface area contributed by atoms with Gasteiger partial charge in [0.05, 0.1) is 29.4 Å². The third-order valence-electron chi connectivity index (χ3n) is 5.29.